The summed E-state index contributed by atoms with van der Waals surface area (Å²) in [6.45, 7) is 5.43. The summed E-state index contributed by atoms with van der Waals surface area (Å²) in [5.41, 5.74) is -0.502. The zero-order chi connectivity index (χ0) is 14.2. The Hall–Kier alpha value is -1.26. The molecule has 0 heterocycles. The number of hydrogen-bond acceptors (Lipinski definition) is 2. The number of carboxylic acid groups (broad SMARTS) is 1. The third-order valence-corrected chi connectivity index (χ3v) is 4.44. The zero-order valence-corrected chi connectivity index (χ0v) is 11.9. The number of nitrogens with one attached hydrogen (secondary N) is 2. The first-order valence-corrected chi connectivity index (χ1v) is 7.07. The maximum atomic E-state index is 12.0. The molecule has 2 bridgehead atoms. The molecule has 2 saturated carbocycles. The van der Waals surface area contributed by atoms with Crippen molar-refractivity contribution in [2.24, 2.45) is 17.3 Å². The molecule has 2 fully saturated rings. The maximum Gasteiger partial charge on any atom is 0.326 e. The number of rotatable bonds is 3. The first kappa shape index (κ1) is 14.2. The first-order chi connectivity index (χ1) is 8.77. The molecule has 2 aliphatic rings. The van der Waals surface area contributed by atoms with E-state index in [9.17, 15) is 14.7 Å². The fraction of sp³-hybridized carbons (Fsp3) is 0.857. The molecule has 0 aromatic rings. The Morgan fingerprint density at radius 1 is 1.21 bits per heavy atom. The summed E-state index contributed by atoms with van der Waals surface area (Å²) in [4.78, 5) is 23.2. The number of fused-ring (bicyclic) bond motifs is 2. The lowest BCUT2D eigenvalue weighted by atomic mass is 9.87. The summed E-state index contributed by atoms with van der Waals surface area (Å²) in [6, 6.07) is -0.987. The highest BCUT2D eigenvalue weighted by Crippen LogP contribution is 2.44. The summed E-state index contributed by atoms with van der Waals surface area (Å²) >= 11 is 0. The summed E-state index contributed by atoms with van der Waals surface area (Å²) in [5, 5.41) is 14.7. The lowest BCUT2D eigenvalue weighted by Crippen LogP contribution is -2.54. The van der Waals surface area contributed by atoms with E-state index in [4.69, 9.17) is 0 Å². The van der Waals surface area contributed by atoms with Gasteiger partial charge in [-0.15, -0.1) is 0 Å². The Morgan fingerprint density at radius 3 is 2.32 bits per heavy atom. The molecule has 0 aromatic heterocycles. The Labute approximate surface area is 114 Å². The van der Waals surface area contributed by atoms with Crippen LogP contribution in [0.25, 0.3) is 0 Å². The number of carbonyl (C=O) groups is 2. The van der Waals surface area contributed by atoms with Crippen LogP contribution in [0, 0.1) is 17.3 Å². The van der Waals surface area contributed by atoms with Gasteiger partial charge in [0.25, 0.3) is 0 Å². The van der Waals surface area contributed by atoms with E-state index in [2.05, 4.69) is 10.6 Å². The Bertz CT molecular complexity index is 375. The van der Waals surface area contributed by atoms with Crippen molar-refractivity contribution in [3.8, 4) is 0 Å². The minimum Gasteiger partial charge on any atom is -0.480 e. The summed E-state index contributed by atoms with van der Waals surface area (Å²) < 4.78 is 0. The second-order valence-electron chi connectivity index (χ2n) is 7.04. The van der Waals surface area contributed by atoms with Crippen molar-refractivity contribution < 1.29 is 14.7 Å². The molecule has 0 aromatic carbocycles. The molecule has 0 radical (unpaired) electrons. The summed E-state index contributed by atoms with van der Waals surface area (Å²) in [5.74, 6) is 0.359. The molecule has 108 valence electrons. The van der Waals surface area contributed by atoms with Crippen LogP contribution >= 0.6 is 0 Å². The fourth-order valence-corrected chi connectivity index (χ4v) is 3.41. The summed E-state index contributed by atoms with van der Waals surface area (Å²) in [7, 11) is 0. The minimum absolute atomic E-state index is 0.230. The van der Waals surface area contributed by atoms with Crippen LogP contribution in [0.3, 0.4) is 0 Å². The Kier molecular flexibility index (Phi) is 3.74. The van der Waals surface area contributed by atoms with Gasteiger partial charge in [0.05, 0.1) is 0 Å². The molecule has 5 heteroatoms. The maximum absolute atomic E-state index is 12.0. The first-order valence-electron chi connectivity index (χ1n) is 7.07. The van der Waals surface area contributed by atoms with Crippen LogP contribution in [0.4, 0.5) is 4.79 Å². The highest BCUT2D eigenvalue weighted by molar-refractivity contribution is 5.83. The fourth-order valence-electron chi connectivity index (χ4n) is 3.41. The van der Waals surface area contributed by atoms with Crippen LogP contribution in [0.15, 0.2) is 0 Å². The van der Waals surface area contributed by atoms with E-state index >= 15 is 0 Å². The third-order valence-electron chi connectivity index (χ3n) is 4.44. The summed E-state index contributed by atoms with van der Waals surface area (Å²) in [6.07, 6.45) is 4.74. The Balaban J connectivity index is 1.88. The second-order valence-corrected chi connectivity index (χ2v) is 7.04. The molecular formula is C14H24N2O3. The van der Waals surface area contributed by atoms with Gasteiger partial charge in [0, 0.05) is 6.04 Å². The molecule has 4 unspecified atom stereocenters. The van der Waals surface area contributed by atoms with Gasteiger partial charge in [0.2, 0.25) is 0 Å². The lowest BCUT2D eigenvalue weighted by Gasteiger charge is -2.29. The SMILES string of the molecule is CC(C)(C)C(NC(=O)NC1CC2CCC1C2)C(=O)O. The number of carboxylic acids is 1. The topological polar surface area (TPSA) is 78.4 Å². The van der Waals surface area contributed by atoms with E-state index < -0.39 is 17.4 Å². The van der Waals surface area contributed by atoms with Crippen LogP contribution in [0.2, 0.25) is 0 Å². The van der Waals surface area contributed by atoms with Crippen LogP contribution in [-0.4, -0.2) is 29.2 Å². The predicted molar refractivity (Wildman–Crippen MR) is 71.8 cm³/mol. The predicted octanol–water partition coefficient (Wildman–Crippen LogP) is 1.97. The van der Waals surface area contributed by atoms with Gasteiger partial charge in [-0.3, -0.25) is 0 Å². The van der Waals surface area contributed by atoms with E-state index in [0.717, 1.165) is 12.3 Å². The monoisotopic (exact) mass is 268 g/mol. The normalized spacial score (nSPS) is 31.0. The minimum atomic E-state index is -0.990. The number of hydrogen-bond donors (Lipinski definition) is 3. The number of amides is 2. The van der Waals surface area contributed by atoms with Gasteiger partial charge in [-0.05, 0) is 36.5 Å². The molecule has 2 rings (SSSR count). The quantitative estimate of drug-likeness (QED) is 0.732. The van der Waals surface area contributed by atoms with E-state index in [0.29, 0.717) is 5.92 Å². The largest absolute Gasteiger partial charge is 0.480 e. The van der Waals surface area contributed by atoms with Crippen LogP contribution < -0.4 is 10.6 Å². The molecule has 3 N–H and O–H groups in total. The van der Waals surface area contributed by atoms with Crippen molar-refractivity contribution in [3.63, 3.8) is 0 Å². The van der Waals surface area contributed by atoms with Gasteiger partial charge in [-0.2, -0.15) is 0 Å². The highest BCUT2D eigenvalue weighted by atomic mass is 16.4. The third kappa shape index (κ3) is 3.19. The van der Waals surface area contributed by atoms with Gasteiger partial charge >= 0.3 is 12.0 Å². The van der Waals surface area contributed by atoms with Crippen LogP contribution in [-0.2, 0) is 4.79 Å². The lowest BCUT2D eigenvalue weighted by molar-refractivity contribution is -0.141. The van der Waals surface area contributed by atoms with Crippen molar-refractivity contribution >= 4 is 12.0 Å². The van der Waals surface area contributed by atoms with Crippen molar-refractivity contribution in [1.29, 1.82) is 0 Å². The van der Waals surface area contributed by atoms with Gasteiger partial charge in [-0.1, -0.05) is 27.2 Å². The number of urea groups is 1. The van der Waals surface area contributed by atoms with Gasteiger partial charge < -0.3 is 15.7 Å². The van der Waals surface area contributed by atoms with Gasteiger partial charge in [-0.25, -0.2) is 9.59 Å². The molecule has 0 aliphatic heterocycles. The molecule has 0 spiro atoms. The molecule has 0 saturated heterocycles. The van der Waals surface area contributed by atoms with E-state index in [1.807, 2.05) is 20.8 Å². The standard InChI is InChI=1S/C14H24N2O3/c1-14(2,3)11(12(17)18)16-13(19)15-10-7-8-4-5-9(10)6-8/h8-11H,4-7H2,1-3H3,(H,17,18)(H2,15,16,19). The van der Waals surface area contributed by atoms with E-state index in [1.54, 1.807) is 0 Å². The average Bonchev–Trinajstić information content (AvgIpc) is 2.85. The molecule has 2 amide bonds. The average molecular weight is 268 g/mol. The van der Waals surface area contributed by atoms with Gasteiger partial charge in [0.15, 0.2) is 0 Å². The molecule has 2 aliphatic carbocycles. The Morgan fingerprint density at radius 2 is 1.89 bits per heavy atom. The van der Waals surface area contributed by atoms with Crippen molar-refractivity contribution in [2.75, 3.05) is 0 Å². The smallest absolute Gasteiger partial charge is 0.326 e. The molecule has 5 nitrogen and oxygen atoms in total. The molecule has 4 atom stereocenters. The van der Waals surface area contributed by atoms with Crippen molar-refractivity contribution in [1.82, 2.24) is 10.6 Å². The zero-order valence-electron chi connectivity index (χ0n) is 11.9. The van der Waals surface area contributed by atoms with Crippen LogP contribution in [0.5, 0.6) is 0 Å². The van der Waals surface area contributed by atoms with Crippen molar-refractivity contribution in [2.45, 2.75) is 58.5 Å². The number of aliphatic carboxylic acids is 1. The van der Waals surface area contributed by atoms with Gasteiger partial charge in [0.1, 0.15) is 6.04 Å². The van der Waals surface area contributed by atoms with E-state index in [1.165, 1.54) is 19.3 Å². The highest BCUT2D eigenvalue weighted by Gasteiger charge is 2.41. The second kappa shape index (κ2) is 5.02. The van der Waals surface area contributed by atoms with Crippen LogP contribution in [0.1, 0.15) is 46.5 Å². The van der Waals surface area contributed by atoms with Crippen molar-refractivity contribution in [3.05, 3.63) is 0 Å². The molecule has 19 heavy (non-hydrogen) atoms. The number of carbonyl (C=O) groups excluding carboxylic acids is 1. The molecular weight excluding hydrogens is 244 g/mol. The van der Waals surface area contributed by atoms with E-state index in [-0.39, 0.29) is 12.1 Å².